The number of fused-ring (bicyclic) bond motifs is 1. The predicted molar refractivity (Wildman–Crippen MR) is 89.0 cm³/mol. The van der Waals surface area contributed by atoms with E-state index in [1.54, 1.807) is 0 Å². The maximum absolute atomic E-state index is 5.48. The van der Waals surface area contributed by atoms with E-state index in [0.717, 1.165) is 37.6 Å². The Hall–Kier alpha value is -1.45. The monoisotopic (exact) mass is 296 g/mol. The van der Waals surface area contributed by atoms with Crippen molar-refractivity contribution in [2.24, 2.45) is 5.92 Å². The molecular weight excluding hydrogens is 272 g/mol. The number of ether oxygens (including phenoxy) is 1. The number of rotatable bonds is 3. The third-order valence-corrected chi connectivity index (χ3v) is 5.04. The predicted octanol–water partition coefficient (Wildman–Crippen LogP) is 3.58. The molecule has 2 aliphatic heterocycles. The van der Waals surface area contributed by atoms with E-state index < -0.39 is 0 Å². The fourth-order valence-corrected chi connectivity index (χ4v) is 3.71. The molecule has 0 N–H and O–H groups in total. The summed E-state index contributed by atoms with van der Waals surface area (Å²) in [6.07, 6.45) is 2.44. The van der Waals surface area contributed by atoms with Gasteiger partial charge in [-0.3, -0.25) is 9.88 Å². The number of hydrogen-bond acceptors (Lipinski definition) is 3. The summed E-state index contributed by atoms with van der Waals surface area (Å²) in [5.74, 6) is 1.33. The van der Waals surface area contributed by atoms with Crippen LogP contribution in [0.5, 0.6) is 0 Å². The Balaban J connectivity index is 1.54. The van der Waals surface area contributed by atoms with Crippen molar-refractivity contribution in [1.82, 2.24) is 9.88 Å². The maximum atomic E-state index is 5.48. The van der Waals surface area contributed by atoms with Crippen molar-refractivity contribution in [3.63, 3.8) is 0 Å². The van der Waals surface area contributed by atoms with Crippen molar-refractivity contribution in [3.05, 3.63) is 41.6 Å². The Labute approximate surface area is 132 Å². The highest BCUT2D eigenvalue weighted by Crippen LogP contribution is 2.26. The molecule has 0 aliphatic carbocycles. The standard InChI is InChI=1S/C19H24N2O/c1-14-6-8-21(11-14)12-15-2-4-18-16(10-15)3-5-19(20-18)17-7-9-22-13-17/h2-5,10,14,17H,6-9,11-13H2,1H3. The second-order valence-corrected chi connectivity index (χ2v) is 6.95. The summed E-state index contributed by atoms with van der Waals surface area (Å²) in [7, 11) is 0. The van der Waals surface area contributed by atoms with Gasteiger partial charge < -0.3 is 4.74 Å². The lowest BCUT2D eigenvalue weighted by molar-refractivity contribution is 0.193. The molecule has 2 fully saturated rings. The van der Waals surface area contributed by atoms with Gasteiger partial charge in [-0.15, -0.1) is 0 Å². The summed E-state index contributed by atoms with van der Waals surface area (Å²) in [6.45, 7) is 7.58. The number of benzene rings is 1. The van der Waals surface area contributed by atoms with Gasteiger partial charge in [-0.05, 0) is 49.1 Å². The van der Waals surface area contributed by atoms with Gasteiger partial charge in [0.15, 0.2) is 0 Å². The zero-order chi connectivity index (χ0) is 14.9. The molecule has 2 aromatic rings. The average molecular weight is 296 g/mol. The van der Waals surface area contributed by atoms with Crippen molar-refractivity contribution in [1.29, 1.82) is 0 Å². The molecule has 0 bridgehead atoms. The van der Waals surface area contributed by atoms with E-state index in [0.29, 0.717) is 5.92 Å². The summed E-state index contributed by atoms with van der Waals surface area (Å²) in [5.41, 5.74) is 3.70. The number of aromatic nitrogens is 1. The highest BCUT2D eigenvalue weighted by atomic mass is 16.5. The molecule has 0 radical (unpaired) electrons. The van der Waals surface area contributed by atoms with E-state index >= 15 is 0 Å². The van der Waals surface area contributed by atoms with Gasteiger partial charge in [-0.25, -0.2) is 0 Å². The first-order valence-electron chi connectivity index (χ1n) is 8.47. The van der Waals surface area contributed by atoms with Gasteiger partial charge in [0.1, 0.15) is 0 Å². The van der Waals surface area contributed by atoms with Crippen molar-refractivity contribution >= 4 is 10.9 Å². The Morgan fingerprint density at radius 3 is 2.95 bits per heavy atom. The minimum Gasteiger partial charge on any atom is -0.381 e. The van der Waals surface area contributed by atoms with E-state index in [2.05, 4.69) is 42.2 Å². The molecular formula is C19H24N2O. The molecule has 1 aromatic heterocycles. The summed E-state index contributed by atoms with van der Waals surface area (Å²) in [4.78, 5) is 7.41. The molecule has 0 amide bonds. The van der Waals surface area contributed by atoms with E-state index in [-0.39, 0.29) is 0 Å². The fraction of sp³-hybridized carbons (Fsp3) is 0.526. The van der Waals surface area contributed by atoms with Gasteiger partial charge in [-0.2, -0.15) is 0 Å². The van der Waals surface area contributed by atoms with Crippen molar-refractivity contribution in [2.75, 3.05) is 26.3 Å². The van der Waals surface area contributed by atoms with Gasteiger partial charge >= 0.3 is 0 Å². The SMILES string of the molecule is CC1CCN(Cc2ccc3nc(C4CCOC4)ccc3c2)C1. The fourth-order valence-electron chi connectivity index (χ4n) is 3.71. The molecule has 116 valence electrons. The molecule has 2 saturated heterocycles. The molecule has 3 heteroatoms. The number of pyridine rings is 1. The summed E-state index contributed by atoms with van der Waals surface area (Å²) >= 11 is 0. The van der Waals surface area contributed by atoms with Gasteiger partial charge in [0.2, 0.25) is 0 Å². The molecule has 0 saturated carbocycles. The van der Waals surface area contributed by atoms with Crippen LogP contribution in [0, 0.1) is 5.92 Å². The molecule has 4 rings (SSSR count). The zero-order valence-electron chi connectivity index (χ0n) is 13.3. The van der Waals surface area contributed by atoms with Crippen molar-refractivity contribution in [2.45, 2.75) is 32.2 Å². The van der Waals surface area contributed by atoms with Crippen LogP contribution in [0.3, 0.4) is 0 Å². The molecule has 22 heavy (non-hydrogen) atoms. The van der Waals surface area contributed by atoms with Gasteiger partial charge in [0.25, 0.3) is 0 Å². The summed E-state index contributed by atoms with van der Waals surface area (Å²) in [5, 5.41) is 1.26. The third kappa shape index (κ3) is 2.88. The summed E-state index contributed by atoms with van der Waals surface area (Å²) in [6, 6.07) is 11.1. The molecule has 1 aromatic carbocycles. The highest BCUT2D eigenvalue weighted by Gasteiger charge is 2.20. The summed E-state index contributed by atoms with van der Waals surface area (Å²) < 4.78 is 5.48. The quantitative estimate of drug-likeness (QED) is 0.865. The van der Waals surface area contributed by atoms with Crippen molar-refractivity contribution < 1.29 is 4.74 Å². The number of likely N-dealkylation sites (tertiary alicyclic amines) is 1. The minimum absolute atomic E-state index is 0.482. The van der Waals surface area contributed by atoms with Crippen LogP contribution in [0.15, 0.2) is 30.3 Å². The molecule has 2 unspecified atom stereocenters. The minimum atomic E-state index is 0.482. The van der Waals surface area contributed by atoms with E-state index in [9.17, 15) is 0 Å². The normalized spacial score (nSPS) is 26.0. The molecule has 2 atom stereocenters. The van der Waals surface area contributed by atoms with Gasteiger partial charge in [0.05, 0.1) is 12.1 Å². The largest absolute Gasteiger partial charge is 0.381 e. The van der Waals surface area contributed by atoms with E-state index in [1.165, 1.54) is 36.2 Å². The van der Waals surface area contributed by atoms with E-state index in [1.807, 2.05) is 0 Å². The van der Waals surface area contributed by atoms with Crippen LogP contribution in [0.4, 0.5) is 0 Å². The van der Waals surface area contributed by atoms with Crippen LogP contribution in [0.25, 0.3) is 10.9 Å². The maximum Gasteiger partial charge on any atom is 0.0705 e. The Bertz CT molecular complexity index is 664. The van der Waals surface area contributed by atoms with Crippen LogP contribution in [0.1, 0.15) is 36.9 Å². The Kier molecular flexibility index (Phi) is 3.85. The number of nitrogens with zero attached hydrogens (tertiary/aromatic N) is 2. The molecule has 2 aliphatic rings. The molecule has 3 nitrogen and oxygen atoms in total. The van der Waals surface area contributed by atoms with Crippen molar-refractivity contribution in [3.8, 4) is 0 Å². The first kappa shape index (κ1) is 14.2. The zero-order valence-corrected chi connectivity index (χ0v) is 13.3. The second-order valence-electron chi connectivity index (χ2n) is 6.95. The van der Waals surface area contributed by atoms with Crippen LogP contribution in [-0.2, 0) is 11.3 Å². The van der Waals surface area contributed by atoms with Gasteiger partial charge in [-0.1, -0.05) is 19.1 Å². The Morgan fingerprint density at radius 2 is 2.18 bits per heavy atom. The topological polar surface area (TPSA) is 25.4 Å². The second kappa shape index (κ2) is 5.98. The third-order valence-electron chi connectivity index (χ3n) is 5.04. The van der Waals surface area contributed by atoms with Gasteiger partial charge in [0, 0.05) is 36.7 Å². The lowest BCUT2D eigenvalue weighted by atomic mass is 10.0. The first-order chi connectivity index (χ1) is 10.8. The van der Waals surface area contributed by atoms with Crippen LogP contribution in [-0.4, -0.2) is 36.2 Å². The Morgan fingerprint density at radius 1 is 1.23 bits per heavy atom. The van der Waals surface area contributed by atoms with Crippen LogP contribution in [0.2, 0.25) is 0 Å². The lowest BCUT2D eigenvalue weighted by Gasteiger charge is -2.16. The molecule has 3 heterocycles. The average Bonchev–Trinajstić information content (AvgIpc) is 3.19. The first-order valence-corrected chi connectivity index (χ1v) is 8.47. The highest BCUT2D eigenvalue weighted by molar-refractivity contribution is 5.79. The van der Waals surface area contributed by atoms with Crippen LogP contribution >= 0.6 is 0 Å². The van der Waals surface area contributed by atoms with Crippen LogP contribution < -0.4 is 0 Å². The smallest absolute Gasteiger partial charge is 0.0705 e. The molecule has 0 spiro atoms. The lowest BCUT2D eigenvalue weighted by Crippen LogP contribution is -2.19. The number of hydrogen-bond donors (Lipinski definition) is 0. The van der Waals surface area contributed by atoms with E-state index in [4.69, 9.17) is 9.72 Å².